The minimum Gasteiger partial charge on any atom is -0.354 e. The van der Waals surface area contributed by atoms with E-state index in [0.717, 1.165) is 51.4 Å². The van der Waals surface area contributed by atoms with E-state index in [2.05, 4.69) is 78.0 Å². The molecule has 1 aromatic heterocycles. The predicted octanol–water partition coefficient (Wildman–Crippen LogP) is 7.19. The lowest BCUT2D eigenvalue weighted by molar-refractivity contribution is -0.125. The SMILES string of the molecule is CC/C=C\C/C=C\C/C=C\C/C=C\C/C=C\CCCC(=O)CCCNC(=O)[C@@H]1CCCN1C(=O)c1cccnc1.S. The first-order chi connectivity index (χ1) is 19.6. The summed E-state index contributed by atoms with van der Waals surface area (Å²) in [6.45, 7) is 3.17. The highest BCUT2D eigenvalue weighted by atomic mass is 32.1. The second-order valence-corrected chi connectivity index (χ2v) is 9.93. The average Bonchev–Trinajstić information content (AvgIpc) is 3.47. The van der Waals surface area contributed by atoms with Gasteiger partial charge < -0.3 is 10.2 Å². The third-order valence-electron chi connectivity index (χ3n) is 6.64. The maximum Gasteiger partial charge on any atom is 0.256 e. The van der Waals surface area contributed by atoms with Gasteiger partial charge in [-0.2, -0.15) is 13.5 Å². The van der Waals surface area contributed by atoms with E-state index in [0.29, 0.717) is 44.3 Å². The summed E-state index contributed by atoms with van der Waals surface area (Å²) < 4.78 is 0. The van der Waals surface area contributed by atoms with E-state index in [1.165, 1.54) is 6.20 Å². The molecule has 0 unspecified atom stereocenters. The topological polar surface area (TPSA) is 79.4 Å². The van der Waals surface area contributed by atoms with Crippen LogP contribution in [0.2, 0.25) is 0 Å². The van der Waals surface area contributed by atoms with E-state index in [-0.39, 0.29) is 31.1 Å². The standard InChI is InChI=1S/C34H47N3O3.H2S/c1-2-3-4-5-6-7-8-9-10-11-12-13-14-15-16-17-18-23-31(38)24-20-27-36-33(39)32-25-21-28-37(32)34(40)30-22-19-26-35-29-30;/h3-4,6-7,9-10,12-13,15-16,19,22,26,29,32H,2,5,8,11,14,17-18,20-21,23-25,27-28H2,1H3,(H,36,39);1H2/b4-3-,7-6-,10-9-,13-12-,16-15-;/t32-;/m0./s1. The maximum atomic E-state index is 12.7. The number of nitrogens with zero attached hydrogens (tertiary/aromatic N) is 2. The lowest BCUT2D eigenvalue weighted by atomic mass is 10.1. The van der Waals surface area contributed by atoms with Crippen LogP contribution >= 0.6 is 13.5 Å². The van der Waals surface area contributed by atoms with Crippen molar-refractivity contribution >= 4 is 31.1 Å². The number of carbonyl (C=O) groups is 3. The van der Waals surface area contributed by atoms with Crippen LogP contribution in [0, 0.1) is 0 Å². The van der Waals surface area contributed by atoms with Crippen molar-refractivity contribution in [3.63, 3.8) is 0 Å². The number of pyridine rings is 1. The minimum atomic E-state index is -0.452. The van der Waals surface area contributed by atoms with Gasteiger partial charge in [0.1, 0.15) is 11.8 Å². The van der Waals surface area contributed by atoms with Crippen molar-refractivity contribution in [2.45, 2.75) is 90.0 Å². The van der Waals surface area contributed by atoms with Gasteiger partial charge in [-0.25, -0.2) is 0 Å². The Morgan fingerprint density at radius 2 is 1.51 bits per heavy atom. The number of hydrogen-bond acceptors (Lipinski definition) is 4. The van der Waals surface area contributed by atoms with Crippen LogP contribution in [0.4, 0.5) is 0 Å². The number of allylic oxidation sites excluding steroid dienone is 10. The first-order valence-corrected chi connectivity index (χ1v) is 14.9. The normalized spacial score (nSPS) is 15.5. The molecule has 6 nitrogen and oxygen atoms in total. The second-order valence-electron chi connectivity index (χ2n) is 9.93. The number of amides is 2. The van der Waals surface area contributed by atoms with Gasteiger partial charge in [-0.15, -0.1) is 0 Å². The Labute approximate surface area is 254 Å². The number of nitrogens with one attached hydrogen (secondary N) is 1. The second kappa shape index (κ2) is 23.5. The average molecular weight is 580 g/mol. The smallest absolute Gasteiger partial charge is 0.256 e. The van der Waals surface area contributed by atoms with Crippen molar-refractivity contribution in [2.75, 3.05) is 13.1 Å². The van der Waals surface area contributed by atoms with Crippen LogP contribution in [-0.4, -0.2) is 46.6 Å². The molecule has 1 saturated heterocycles. The van der Waals surface area contributed by atoms with Crippen LogP contribution in [0.1, 0.15) is 94.3 Å². The first-order valence-electron chi connectivity index (χ1n) is 14.9. The molecule has 0 aromatic carbocycles. The van der Waals surface area contributed by atoms with Gasteiger partial charge in [0, 0.05) is 38.3 Å². The predicted molar refractivity (Wildman–Crippen MR) is 174 cm³/mol. The van der Waals surface area contributed by atoms with Gasteiger partial charge in [-0.3, -0.25) is 19.4 Å². The first kappa shape index (κ1) is 35.8. The van der Waals surface area contributed by atoms with Gasteiger partial charge in [0.15, 0.2) is 0 Å². The summed E-state index contributed by atoms with van der Waals surface area (Å²) in [5, 5.41) is 2.91. The molecule has 2 heterocycles. The number of rotatable bonds is 19. The monoisotopic (exact) mass is 579 g/mol. The summed E-state index contributed by atoms with van der Waals surface area (Å²) in [5.41, 5.74) is 0.498. The number of unbranched alkanes of at least 4 members (excludes halogenated alkanes) is 1. The van der Waals surface area contributed by atoms with Crippen molar-refractivity contribution < 1.29 is 14.4 Å². The van der Waals surface area contributed by atoms with Crippen molar-refractivity contribution in [1.82, 2.24) is 15.2 Å². The quantitative estimate of drug-likeness (QED) is 0.139. The molecule has 1 fully saturated rings. The van der Waals surface area contributed by atoms with Gasteiger partial charge >= 0.3 is 0 Å². The number of hydrogen-bond donors (Lipinski definition) is 1. The summed E-state index contributed by atoms with van der Waals surface area (Å²) in [6, 6.07) is 2.99. The largest absolute Gasteiger partial charge is 0.354 e. The molecule has 1 atom stereocenters. The molecule has 0 bridgehead atoms. The molecule has 224 valence electrons. The summed E-state index contributed by atoms with van der Waals surface area (Å²) >= 11 is 0. The zero-order valence-corrected chi connectivity index (χ0v) is 25.7. The Morgan fingerprint density at radius 3 is 2.12 bits per heavy atom. The Bertz CT molecular complexity index is 1030. The van der Waals surface area contributed by atoms with E-state index in [1.54, 1.807) is 23.2 Å². The zero-order chi connectivity index (χ0) is 28.7. The zero-order valence-electron chi connectivity index (χ0n) is 24.7. The van der Waals surface area contributed by atoms with Gasteiger partial charge in [0.2, 0.25) is 5.91 Å². The third-order valence-corrected chi connectivity index (χ3v) is 6.64. The molecule has 2 amide bonds. The van der Waals surface area contributed by atoms with Gasteiger partial charge in [-0.1, -0.05) is 67.7 Å². The van der Waals surface area contributed by atoms with E-state index < -0.39 is 6.04 Å². The highest BCUT2D eigenvalue weighted by molar-refractivity contribution is 7.59. The summed E-state index contributed by atoms with van der Waals surface area (Å²) in [5.74, 6) is -0.0649. The summed E-state index contributed by atoms with van der Waals surface area (Å²) in [6.07, 6.45) is 34.8. The van der Waals surface area contributed by atoms with Gasteiger partial charge in [0.05, 0.1) is 5.56 Å². The molecule has 41 heavy (non-hydrogen) atoms. The number of Topliss-reactive ketones (excluding diaryl/α,β-unsaturated/α-hetero) is 1. The lowest BCUT2D eigenvalue weighted by Gasteiger charge is -2.24. The molecule has 1 aliphatic heterocycles. The molecule has 0 aliphatic carbocycles. The summed E-state index contributed by atoms with van der Waals surface area (Å²) in [7, 11) is 0. The third kappa shape index (κ3) is 16.0. The fourth-order valence-electron chi connectivity index (χ4n) is 4.46. The lowest BCUT2D eigenvalue weighted by Crippen LogP contribution is -2.46. The van der Waals surface area contributed by atoms with Crippen LogP contribution in [0.15, 0.2) is 85.3 Å². The molecule has 0 spiro atoms. The van der Waals surface area contributed by atoms with Gasteiger partial charge in [0.25, 0.3) is 5.91 Å². The molecule has 2 rings (SSSR count). The Balaban J connectivity index is 0.00000840. The minimum absolute atomic E-state index is 0. The van der Waals surface area contributed by atoms with Crippen LogP contribution in [0.5, 0.6) is 0 Å². The van der Waals surface area contributed by atoms with Crippen LogP contribution < -0.4 is 5.32 Å². The fourth-order valence-corrected chi connectivity index (χ4v) is 4.46. The van der Waals surface area contributed by atoms with E-state index in [9.17, 15) is 14.4 Å². The molecule has 1 aliphatic rings. The summed E-state index contributed by atoms with van der Waals surface area (Å²) in [4.78, 5) is 43.2. The molecule has 0 saturated carbocycles. The fraction of sp³-hybridized carbons (Fsp3) is 0.471. The molecule has 7 heteroatoms. The number of aromatic nitrogens is 1. The molecule has 1 N–H and O–H groups in total. The molecule has 1 aromatic rings. The molecular weight excluding hydrogens is 530 g/mol. The molecule has 0 radical (unpaired) electrons. The Kier molecular flexibility index (Phi) is 20.5. The van der Waals surface area contributed by atoms with Crippen molar-refractivity contribution in [2.24, 2.45) is 0 Å². The van der Waals surface area contributed by atoms with Crippen molar-refractivity contribution in [3.05, 3.63) is 90.9 Å². The Hall–Kier alpha value is -3.19. The Morgan fingerprint density at radius 1 is 0.902 bits per heavy atom. The maximum absolute atomic E-state index is 12.7. The van der Waals surface area contributed by atoms with Crippen LogP contribution in [-0.2, 0) is 9.59 Å². The van der Waals surface area contributed by atoms with Crippen LogP contribution in [0.3, 0.4) is 0 Å². The van der Waals surface area contributed by atoms with E-state index >= 15 is 0 Å². The van der Waals surface area contributed by atoms with Crippen molar-refractivity contribution in [1.29, 1.82) is 0 Å². The number of likely N-dealkylation sites (tertiary alicyclic amines) is 1. The van der Waals surface area contributed by atoms with Gasteiger partial charge in [-0.05, 0) is 76.3 Å². The highest BCUT2D eigenvalue weighted by Crippen LogP contribution is 2.20. The van der Waals surface area contributed by atoms with Crippen molar-refractivity contribution in [3.8, 4) is 0 Å². The number of ketones is 1. The van der Waals surface area contributed by atoms with E-state index in [1.807, 2.05) is 0 Å². The molecular formula is C34H49N3O3S. The number of carbonyl (C=O) groups excluding carboxylic acids is 3. The van der Waals surface area contributed by atoms with Crippen LogP contribution in [0.25, 0.3) is 0 Å². The highest BCUT2D eigenvalue weighted by Gasteiger charge is 2.34. The van der Waals surface area contributed by atoms with E-state index in [4.69, 9.17) is 0 Å².